The summed E-state index contributed by atoms with van der Waals surface area (Å²) in [7, 11) is -0.190. The molecule has 8 nitrogen and oxygen atoms in total. The van der Waals surface area contributed by atoms with E-state index < -0.39 is 16.8 Å². The molecule has 0 aliphatic carbocycles. The van der Waals surface area contributed by atoms with E-state index in [0.717, 1.165) is 5.56 Å². The van der Waals surface area contributed by atoms with Gasteiger partial charge in [-0.3, -0.25) is 0 Å². The van der Waals surface area contributed by atoms with Crippen molar-refractivity contribution < 1.29 is 13.7 Å². The summed E-state index contributed by atoms with van der Waals surface area (Å²) in [5.74, 6) is -0.363. The van der Waals surface area contributed by atoms with Gasteiger partial charge in [-0.15, -0.1) is 0 Å². The lowest BCUT2D eigenvalue weighted by atomic mass is 10.1. The van der Waals surface area contributed by atoms with E-state index in [1.807, 2.05) is 30.3 Å². The highest BCUT2D eigenvalue weighted by Crippen LogP contribution is 2.23. The second-order valence-corrected chi connectivity index (χ2v) is 7.60. The van der Waals surface area contributed by atoms with Crippen LogP contribution in [0.25, 0.3) is 11.2 Å². The summed E-state index contributed by atoms with van der Waals surface area (Å²) in [6.07, 6.45) is 1.61. The monoisotopic (exact) mass is 407 g/mol. The molecule has 2 aromatic carbocycles. The van der Waals surface area contributed by atoms with Gasteiger partial charge in [0.15, 0.2) is 10.7 Å². The van der Waals surface area contributed by atoms with Crippen LogP contribution in [-0.2, 0) is 22.1 Å². The SMILES string of the molecule is COC(=O)c1ccc(Cn2cnc3c(S(=O)c4ccccc4)nc(N)nc32)cc1. The third kappa shape index (κ3) is 3.72. The number of benzene rings is 2. The lowest BCUT2D eigenvalue weighted by Gasteiger charge is -2.07. The van der Waals surface area contributed by atoms with Crippen molar-refractivity contribution in [2.75, 3.05) is 12.8 Å². The van der Waals surface area contributed by atoms with E-state index in [-0.39, 0.29) is 11.0 Å². The average molecular weight is 407 g/mol. The van der Waals surface area contributed by atoms with Gasteiger partial charge in [-0.2, -0.15) is 4.98 Å². The Kier molecular flexibility index (Phi) is 5.05. The summed E-state index contributed by atoms with van der Waals surface area (Å²) in [6.45, 7) is 0.450. The number of carbonyl (C=O) groups is 1. The van der Waals surface area contributed by atoms with Crippen molar-refractivity contribution >= 4 is 33.9 Å². The Labute approximate surface area is 168 Å². The molecule has 2 heterocycles. The van der Waals surface area contributed by atoms with Crippen LogP contribution in [0.1, 0.15) is 15.9 Å². The number of hydrogen-bond acceptors (Lipinski definition) is 7. The van der Waals surface area contributed by atoms with Gasteiger partial charge < -0.3 is 15.0 Å². The molecule has 0 aliphatic rings. The van der Waals surface area contributed by atoms with Crippen molar-refractivity contribution in [2.24, 2.45) is 0 Å². The van der Waals surface area contributed by atoms with Gasteiger partial charge in [-0.25, -0.2) is 19.0 Å². The van der Waals surface area contributed by atoms with E-state index in [1.54, 1.807) is 35.2 Å². The van der Waals surface area contributed by atoms with Gasteiger partial charge in [-0.1, -0.05) is 30.3 Å². The van der Waals surface area contributed by atoms with Crippen LogP contribution >= 0.6 is 0 Å². The van der Waals surface area contributed by atoms with Gasteiger partial charge in [0, 0.05) is 4.90 Å². The number of nitrogen functional groups attached to an aromatic ring is 1. The third-order valence-corrected chi connectivity index (χ3v) is 5.65. The minimum Gasteiger partial charge on any atom is -0.465 e. The molecule has 0 radical (unpaired) electrons. The maximum absolute atomic E-state index is 13.0. The van der Waals surface area contributed by atoms with Crippen LogP contribution in [-0.4, -0.2) is 36.8 Å². The van der Waals surface area contributed by atoms with E-state index in [2.05, 4.69) is 15.0 Å². The lowest BCUT2D eigenvalue weighted by Crippen LogP contribution is -2.06. The summed E-state index contributed by atoms with van der Waals surface area (Å²) in [4.78, 5) is 25.0. The fraction of sp³-hybridized carbons (Fsp3) is 0.100. The van der Waals surface area contributed by atoms with Crippen LogP contribution < -0.4 is 5.73 Å². The van der Waals surface area contributed by atoms with Gasteiger partial charge in [0.2, 0.25) is 5.95 Å². The highest BCUT2D eigenvalue weighted by atomic mass is 32.2. The summed E-state index contributed by atoms with van der Waals surface area (Å²) in [5.41, 5.74) is 8.21. The van der Waals surface area contributed by atoms with Gasteiger partial charge >= 0.3 is 5.97 Å². The number of hydrogen-bond donors (Lipinski definition) is 1. The minimum atomic E-state index is -1.53. The summed E-state index contributed by atoms with van der Waals surface area (Å²) in [6, 6.07) is 16.0. The Hall–Kier alpha value is -3.59. The molecule has 146 valence electrons. The van der Waals surface area contributed by atoms with E-state index in [9.17, 15) is 9.00 Å². The molecule has 2 N–H and O–H groups in total. The molecule has 0 aliphatic heterocycles. The first-order chi connectivity index (χ1) is 14.1. The van der Waals surface area contributed by atoms with Crippen LogP contribution in [0.3, 0.4) is 0 Å². The number of fused-ring (bicyclic) bond motifs is 1. The number of nitrogens with zero attached hydrogens (tertiary/aromatic N) is 4. The van der Waals surface area contributed by atoms with Crippen molar-refractivity contribution in [1.29, 1.82) is 0 Å². The lowest BCUT2D eigenvalue weighted by molar-refractivity contribution is 0.0600. The molecule has 0 bridgehead atoms. The van der Waals surface area contributed by atoms with Gasteiger partial charge in [-0.05, 0) is 29.8 Å². The number of rotatable bonds is 5. The molecule has 0 fully saturated rings. The third-order valence-electron chi connectivity index (χ3n) is 4.31. The first-order valence-corrected chi connectivity index (χ1v) is 9.84. The molecule has 1 atom stereocenters. The molecule has 4 aromatic rings. The molecule has 0 spiro atoms. The molecule has 0 saturated carbocycles. The molecular weight excluding hydrogens is 390 g/mol. The smallest absolute Gasteiger partial charge is 0.337 e. The Morgan fingerprint density at radius 3 is 2.52 bits per heavy atom. The van der Waals surface area contributed by atoms with Gasteiger partial charge in [0.05, 0.1) is 25.5 Å². The number of imidazole rings is 1. The zero-order valence-electron chi connectivity index (χ0n) is 15.5. The van der Waals surface area contributed by atoms with Crippen LogP contribution in [0.4, 0.5) is 5.95 Å². The van der Waals surface area contributed by atoms with Crippen molar-refractivity contribution in [3.05, 3.63) is 72.1 Å². The fourth-order valence-corrected chi connectivity index (χ4v) is 4.02. The van der Waals surface area contributed by atoms with Crippen LogP contribution in [0.5, 0.6) is 0 Å². The second-order valence-electron chi connectivity index (χ2n) is 6.20. The second kappa shape index (κ2) is 7.80. The first kappa shape index (κ1) is 18.8. The summed E-state index contributed by atoms with van der Waals surface area (Å²) >= 11 is 0. The highest BCUT2D eigenvalue weighted by Gasteiger charge is 2.19. The van der Waals surface area contributed by atoms with Crippen molar-refractivity contribution in [3.8, 4) is 0 Å². The standard InChI is InChI=1S/C20H17N5O3S/c1-28-19(26)14-9-7-13(8-10-14)11-25-12-22-16-17(25)23-20(21)24-18(16)29(27)15-5-3-2-4-6-15/h2-10,12H,11H2,1H3,(H2,21,23,24). The predicted molar refractivity (Wildman–Crippen MR) is 108 cm³/mol. The quantitative estimate of drug-likeness (QED) is 0.399. The van der Waals surface area contributed by atoms with Crippen LogP contribution in [0, 0.1) is 0 Å². The number of ether oxygens (including phenoxy) is 1. The van der Waals surface area contributed by atoms with Crippen molar-refractivity contribution in [2.45, 2.75) is 16.5 Å². The van der Waals surface area contributed by atoms with Crippen molar-refractivity contribution in [1.82, 2.24) is 19.5 Å². The summed E-state index contributed by atoms with van der Waals surface area (Å²) < 4.78 is 19.5. The Balaban J connectivity index is 1.70. The number of anilines is 1. The largest absolute Gasteiger partial charge is 0.465 e. The highest BCUT2D eigenvalue weighted by molar-refractivity contribution is 7.85. The van der Waals surface area contributed by atoms with E-state index in [4.69, 9.17) is 10.5 Å². The average Bonchev–Trinajstić information content (AvgIpc) is 3.15. The number of methoxy groups -OCH3 is 1. The topological polar surface area (TPSA) is 113 Å². The number of nitrogens with two attached hydrogens (primary N) is 1. The Morgan fingerprint density at radius 2 is 1.83 bits per heavy atom. The van der Waals surface area contributed by atoms with Crippen LogP contribution in [0.2, 0.25) is 0 Å². The fourth-order valence-electron chi connectivity index (χ4n) is 2.90. The molecular formula is C20H17N5O3S. The summed E-state index contributed by atoms with van der Waals surface area (Å²) in [5, 5.41) is 0.276. The molecule has 0 saturated heterocycles. The van der Waals surface area contributed by atoms with Gasteiger partial charge in [0.1, 0.15) is 16.3 Å². The van der Waals surface area contributed by atoms with E-state index in [1.165, 1.54) is 7.11 Å². The van der Waals surface area contributed by atoms with Crippen LogP contribution in [0.15, 0.2) is 70.8 Å². The number of carbonyl (C=O) groups excluding carboxylic acids is 1. The van der Waals surface area contributed by atoms with E-state index >= 15 is 0 Å². The number of aromatic nitrogens is 4. The molecule has 0 amide bonds. The molecule has 2 aromatic heterocycles. The normalized spacial score (nSPS) is 12.0. The van der Waals surface area contributed by atoms with Gasteiger partial charge in [0.25, 0.3) is 0 Å². The molecule has 4 rings (SSSR count). The molecule has 9 heteroatoms. The molecule has 29 heavy (non-hydrogen) atoms. The zero-order valence-corrected chi connectivity index (χ0v) is 16.3. The van der Waals surface area contributed by atoms with E-state index in [0.29, 0.717) is 28.2 Å². The maximum Gasteiger partial charge on any atom is 0.337 e. The Bertz CT molecular complexity index is 1210. The number of esters is 1. The Morgan fingerprint density at radius 1 is 1.10 bits per heavy atom. The minimum absolute atomic E-state index is 0.0274. The first-order valence-electron chi connectivity index (χ1n) is 8.69. The maximum atomic E-state index is 13.0. The zero-order chi connectivity index (χ0) is 20.4. The predicted octanol–water partition coefficient (Wildman–Crippen LogP) is 2.41. The molecule has 1 unspecified atom stereocenters. The van der Waals surface area contributed by atoms with Crippen molar-refractivity contribution in [3.63, 3.8) is 0 Å².